The van der Waals surface area contributed by atoms with E-state index in [2.05, 4.69) is 20.3 Å². The number of halogens is 1. The van der Waals surface area contributed by atoms with E-state index in [1.54, 1.807) is 48.8 Å². The molecule has 0 aromatic carbocycles. The van der Waals surface area contributed by atoms with Crippen molar-refractivity contribution >= 4 is 23.2 Å². The number of methoxy groups -OCH3 is 1. The molecule has 0 fully saturated rings. The average molecular weight is 341 g/mol. The zero-order valence-electron chi connectivity index (χ0n) is 12.7. The summed E-state index contributed by atoms with van der Waals surface area (Å²) >= 11 is 6.11. The van der Waals surface area contributed by atoms with E-state index in [-0.39, 0.29) is 11.6 Å². The lowest BCUT2D eigenvalue weighted by atomic mass is 10.1. The molecule has 3 aromatic heterocycles. The van der Waals surface area contributed by atoms with Gasteiger partial charge in [0.15, 0.2) is 0 Å². The Hall–Kier alpha value is -2.99. The fraction of sp³-hybridized carbons (Fsp3) is 0.0588. The van der Waals surface area contributed by atoms with Gasteiger partial charge in [0, 0.05) is 24.0 Å². The van der Waals surface area contributed by atoms with Crippen LogP contribution in [0.3, 0.4) is 0 Å². The first kappa shape index (κ1) is 15.9. The molecule has 0 radical (unpaired) electrons. The van der Waals surface area contributed by atoms with Gasteiger partial charge in [0.05, 0.1) is 29.7 Å². The second kappa shape index (κ2) is 7.06. The van der Waals surface area contributed by atoms with E-state index in [9.17, 15) is 4.79 Å². The molecule has 0 saturated carbocycles. The maximum absolute atomic E-state index is 12.2. The first-order chi connectivity index (χ1) is 11.7. The van der Waals surface area contributed by atoms with Crippen LogP contribution in [0.1, 0.15) is 10.5 Å². The molecule has 0 atom stereocenters. The quantitative estimate of drug-likeness (QED) is 0.787. The van der Waals surface area contributed by atoms with Gasteiger partial charge in [0.25, 0.3) is 5.91 Å². The molecule has 1 amide bonds. The molecule has 1 N–H and O–H groups in total. The largest absolute Gasteiger partial charge is 0.481 e. The molecule has 6 nitrogen and oxygen atoms in total. The van der Waals surface area contributed by atoms with Crippen LogP contribution in [-0.4, -0.2) is 28.0 Å². The fourth-order valence-corrected chi connectivity index (χ4v) is 2.27. The van der Waals surface area contributed by atoms with E-state index in [1.807, 2.05) is 0 Å². The number of anilines is 1. The van der Waals surface area contributed by atoms with Crippen molar-refractivity contribution < 1.29 is 9.53 Å². The number of nitrogens with zero attached hydrogens (tertiary/aromatic N) is 3. The topological polar surface area (TPSA) is 77.0 Å². The monoisotopic (exact) mass is 340 g/mol. The summed E-state index contributed by atoms with van der Waals surface area (Å²) < 4.78 is 4.97. The number of amides is 1. The van der Waals surface area contributed by atoms with Gasteiger partial charge in [0.1, 0.15) is 5.69 Å². The van der Waals surface area contributed by atoms with Gasteiger partial charge in [-0.15, -0.1) is 0 Å². The van der Waals surface area contributed by atoms with Gasteiger partial charge in [-0.1, -0.05) is 11.6 Å². The number of aromatic nitrogens is 3. The normalized spacial score (nSPS) is 10.2. The highest BCUT2D eigenvalue weighted by Crippen LogP contribution is 2.24. The molecule has 120 valence electrons. The number of ether oxygens (including phenoxy) is 1. The Balaban J connectivity index is 1.75. The molecule has 0 unspecified atom stereocenters. The Morgan fingerprint density at radius 2 is 1.96 bits per heavy atom. The summed E-state index contributed by atoms with van der Waals surface area (Å²) in [6.45, 7) is 0. The van der Waals surface area contributed by atoms with E-state index >= 15 is 0 Å². The maximum atomic E-state index is 12.2. The number of carbonyl (C=O) groups excluding carboxylic acids is 1. The number of carbonyl (C=O) groups is 1. The van der Waals surface area contributed by atoms with E-state index in [4.69, 9.17) is 16.3 Å². The third-order valence-corrected chi connectivity index (χ3v) is 3.54. The van der Waals surface area contributed by atoms with Crippen LogP contribution in [-0.2, 0) is 0 Å². The fourth-order valence-electron chi connectivity index (χ4n) is 2.04. The predicted molar refractivity (Wildman–Crippen MR) is 91.2 cm³/mol. The minimum Gasteiger partial charge on any atom is -0.481 e. The van der Waals surface area contributed by atoms with Gasteiger partial charge in [-0.2, -0.15) is 0 Å². The third-order valence-electron chi connectivity index (χ3n) is 3.23. The van der Waals surface area contributed by atoms with Crippen molar-refractivity contribution in [3.8, 4) is 17.1 Å². The summed E-state index contributed by atoms with van der Waals surface area (Å²) in [5.41, 5.74) is 2.20. The van der Waals surface area contributed by atoms with Crippen LogP contribution in [0.5, 0.6) is 5.88 Å². The van der Waals surface area contributed by atoms with Crippen LogP contribution in [0.25, 0.3) is 11.3 Å². The zero-order valence-corrected chi connectivity index (χ0v) is 13.5. The lowest BCUT2D eigenvalue weighted by molar-refractivity contribution is 0.102. The summed E-state index contributed by atoms with van der Waals surface area (Å²) in [6.07, 6.45) is 4.73. The van der Waals surface area contributed by atoms with Gasteiger partial charge in [-0.05, 0) is 30.3 Å². The Labute approximate surface area is 143 Å². The minimum absolute atomic E-state index is 0.279. The number of hydrogen-bond acceptors (Lipinski definition) is 5. The maximum Gasteiger partial charge on any atom is 0.274 e. The summed E-state index contributed by atoms with van der Waals surface area (Å²) in [5, 5.41) is 3.25. The van der Waals surface area contributed by atoms with Crippen LogP contribution >= 0.6 is 11.6 Å². The van der Waals surface area contributed by atoms with E-state index in [0.717, 1.165) is 5.56 Å². The molecule has 0 bridgehead atoms. The molecule has 24 heavy (non-hydrogen) atoms. The highest BCUT2D eigenvalue weighted by Gasteiger charge is 2.10. The first-order valence-corrected chi connectivity index (χ1v) is 7.43. The van der Waals surface area contributed by atoms with Crippen molar-refractivity contribution in [1.29, 1.82) is 0 Å². The third kappa shape index (κ3) is 3.49. The van der Waals surface area contributed by atoms with Gasteiger partial charge in [0.2, 0.25) is 5.88 Å². The molecular formula is C17H13ClN4O2. The summed E-state index contributed by atoms with van der Waals surface area (Å²) in [6, 6.07) is 10.2. The summed E-state index contributed by atoms with van der Waals surface area (Å²) in [4.78, 5) is 24.6. The molecule has 0 aliphatic carbocycles. The molecule has 0 aliphatic heterocycles. The van der Waals surface area contributed by atoms with Gasteiger partial charge >= 0.3 is 0 Å². The number of pyridine rings is 3. The molecule has 0 saturated heterocycles. The lowest BCUT2D eigenvalue weighted by Gasteiger charge is -2.06. The van der Waals surface area contributed by atoms with E-state index < -0.39 is 0 Å². The molecular weight excluding hydrogens is 328 g/mol. The molecule has 3 rings (SSSR count). The van der Waals surface area contributed by atoms with Crippen molar-refractivity contribution in [3.05, 3.63) is 65.7 Å². The van der Waals surface area contributed by atoms with Crippen molar-refractivity contribution in [1.82, 2.24) is 15.0 Å². The Bertz CT molecular complexity index is 851. The van der Waals surface area contributed by atoms with Crippen molar-refractivity contribution in [2.75, 3.05) is 12.4 Å². The Morgan fingerprint density at radius 3 is 2.58 bits per heavy atom. The average Bonchev–Trinajstić information content (AvgIpc) is 2.63. The second-order valence-electron chi connectivity index (χ2n) is 4.81. The second-order valence-corrected chi connectivity index (χ2v) is 5.22. The van der Waals surface area contributed by atoms with Gasteiger partial charge in [-0.3, -0.25) is 14.8 Å². The molecule has 0 aliphatic rings. The SMILES string of the molecule is COc1ccc(NC(=O)c2ccc(-c3ncccc3Cl)cn2)cn1. The smallest absolute Gasteiger partial charge is 0.274 e. The van der Waals surface area contributed by atoms with Crippen molar-refractivity contribution in [2.45, 2.75) is 0 Å². The summed E-state index contributed by atoms with van der Waals surface area (Å²) in [5.74, 6) is 0.142. The predicted octanol–water partition coefficient (Wildman–Crippen LogP) is 3.45. The van der Waals surface area contributed by atoms with Crippen LogP contribution in [0.4, 0.5) is 5.69 Å². The first-order valence-electron chi connectivity index (χ1n) is 7.05. The highest BCUT2D eigenvalue weighted by molar-refractivity contribution is 6.33. The van der Waals surface area contributed by atoms with Crippen molar-refractivity contribution in [3.63, 3.8) is 0 Å². The molecule has 7 heteroatoms. The molecule has 0 spiro atoms. The van der Waals surface area contributed by atoms with Crippen LogP contribution in [0, 0.1) is 0 Å². The van der Waals surface area contributed by atoms with Crippen LogP contribution < -0.4 is 10.1 Å². The van der Waals surface area contributed by atoms with E-state index in [1.165, 1.54) is 13.3 Å². The summed E-state index contributed by atoms with van der Waals surface area (Å²) in [7, 11) is 1.53. The molecule has 3 aromatic rings. The lowest BCUT2D eigenvalue weighted by Crippen LogP contribution is -2.13. The van der Waals surface area contributed by atoms with Crippen molar-refractivity contribution in [2.24, 2.45) is 0 Å². The Kier molecular flexibility index (Phi) is 4.67. The van der Waals surface area contributed by atoms with Gasteiger partial charge < -0.3 is 10.1 Å². The Morgan fingerprint density at radius 1 is 1.08 bits per heavy atom. The van der Waals surface area contributed by atoms with Gasteiger partial charge in [-0.25, -0.2) is 4.98 Å². The minimum atomic E-state index is -0.333. The number of hydrogen-bond donors (Lipinski definition) is 1. The zero-order chi connectivity index (χ0) is 16.9. The number of nitrogens with one attached hydrogen (secondary N) is 1. The highest BCUT2D eigenvalue weighted by atomic mass is 35.5. The van der Waals surface area contributed by atoms with E-state index in [0.29, 0.717) is 22.3 Å². The number of rotatable bonds is 4. The molecule has 3 heterocycles. The van der Waals surface area contributed by atoms with Crippen LogP contribution in [0.15, 0.2) is 55.0 Å². The standard InChI is InChI=1S/C17H13ClN4O2/c1-24-15-7-5-12(10-21-15)22-17(23)14-6-4-11(9-20-14)16-13(18)3-2-8-19-16/h2-10H,1H3,(H,22,23). The van der Waals surface area contributed by atoms with Crippen LogP contribution in [0.2, 0.25) is 5.02 Å².